The molecule has 1 aliphatic heterocycles. The van der Waals surface area contributed by atoms with Crippen molar-refractivity contribution in [2.75, 3.05) is 0 Å². The van der Waals surface area contributed by atoms with Crippen LogP contribution in [0.5, 0.6) is 0 Å². The summed E-state index contributed by atoms with van der Waals surface area (Å²) in [5.74, 6) is 0.853. The smallest absolute Gasteiger partial charge is 0.0704 e. The van der Waals surface area contributed by atoms with Crippen molar-refractivity contribution in [2.24, 2.45) is 10.9 Å². The van der Waals surface area contributed by atoms with E-state index in [4.69, 9.17) is 0 Å². The average molecular weight is 163 g/mol. The molecule has 0 radical (unpaired) electrons. The van der Waals surface area contributed by atoms with E-state index in [1.807, 2.05) is 0 Å². The predicted molar refractivity (Wildman–Crippen MR) is 52.6 cm³/mol. The van der Waals surface area contributed by atoms with E-state index in [0.717, 1.165) is 12.3 Å². The van der Waals surface area contributed by atoms with E-state index in [1.54, 1.807) is 0 Å². The fourth-order valence-corrected chi connectivity index (χ4v) is 2.27. The Balaban J connectivity index is 1.93. The number of rotatable bonds is 1. The molecule has 0 aromatic heterocycles. The minimum Gasteiger partial charge on any atom is -0.289 e. The molecule has 1 unspecified atom stereocenters. The quantitative estimate of drug-likeness (QED) is 0.527. The van der Waals surface area contributed by atoms with Gasteiger partial charge < -0.3 is 0 Å². The molecular weight excluding hydrogens is 146 g/mol. The lowest BCUT2D eigenvalue weighted by Gasteiger charge is -2.26. The molecule has 0 aromatic carbocycles. The summed E-state index contributed by atoms with van der Waals surface area (Å²) in [6.07, 6.45) is 14.7. The zero-order valence-electron chi connectivity index (χ0n) is 7.58. The molecule has 1 nitrogen and oxygen atoms in total. The normalized spacial score (nSPS) is 30.8. The molecule has 0 saturated heterocycles. The molecule has 2 rings (SSSR count). The van der Waals surface area contributed by atoms with E-state index in [9.17, 15) is 0 Å². The molecule has 0 aromatic rings. The molecule has 1 heterocycles. The summed E-state index contributed by atoms with van der Waals surface area (Å²) in [4.78, 5) is 4.54. The molecule has 0 bridgehead atoms. The maximum Gasteiger partial charge on any atom is 0.0704 e. The van der Waals surface area contributed by atoms with Gasteiger partial charge in [0.15, 0.2) is 0 Å². The van der Waals surface area contributed by atoms with E-state index in [1.165, 1.54) is 32.1 Å². The van der Waals surface area contributed by atoms with Gasteiger partial charge in [0.05, 0.1) is 6.04 Å². The van der Waals surface area contributed by atoms with Crippen LogP contribution in [0.1, 0.15) is 38.5 Å². The predicted octanol–water partition coefficient (Wildman–Crippen LogP) is 2.97. The van der Waals surface area contributed by atoms with E-state index in [2.05, 4.69) is 23.4 Å². The second-order valence-corrected chi connectivity index (χ2v) is 3.88. The highest BCUT2D eigenvalue weighted by Crippen LogP contribution is 2.29. The minimum atomic E-state index is 0.527. The Kier molecular flexibility index (Phi) is 2.60. The van der Waals surface area contributed by atoms with Crippen LogP contribution in [0, 0.1) is 5.92 Å². The highest BCUT2D eigenvalue weighted by molar-refractivity contribution is 5.61. The van der Waals surface area contributed by atoms with Crippen molar-refractivity contribution in [2.45, 2.75) is 44.6 Å². The first kappa shape index (κ1) is 8.03. The maximum atomic E-state index is 4.54. The van der Waals surface area contributed by atoms with E-state index >= 15 is 0 Å². The average Bonchev–Trinajstić information content (AvgIpc) is 2.21. The lowest BCUT2D eigenvalue weighted by atomic mass is 9.83. The van der Waals surface area contributed by atoms with Gasteiger partial charge in [-0.1, -0.05) is 31.4 Å². The van der Waals surface area contributed by atoms with Crippen LogP contribution in [-0.2, 0) is 0 Å². The first-order chi connectivity index (χ1) is 5.97. The molecule has 0 N–H and O–H groups in total. The third-order valence-corrected chi connectivity index (χ3v) is 2.99. The lowest BCUT2D eigenvalue weighted by molar-refractivity contribution is 0.333. The van der Waals surface area contributed by atoms with Crippen molar-refractivity contribution < 1.29 is 0 Å². The van der Waals surface area contributed by atoms with E-state index in [-0.39, 0.29) is 0 Å². The molecule has 1 heteroatoms. The first-order valence-electron chi connectivity index (χ1n) is 5.15. The summed E-state index contributed by atoms with van der Waals surface area (Å²) < 4.78 is 0. The maximum absolute atomic E-state index is 4.54. The van der Waals surface area contributed by atoms with Gasteiger partial charge in [0.25, 0.3) is 0 Å². The molecule has 1 atom stereocenters. The minimum absolute atomic E-state index is 0.527. The fraction of sp³-hybridized carbons (Fsp3) is 0.727. The monoisotopic (exact) mass is 163 g/mol. The Morgan fingerprint density at radius 1 is 1.08 bits per heavy atom. The molecule has 12 heavy (non-hydrogen) atoms. The van der Waals surface area contributed by atoms with Gasteiger partial charge in [0.2, 0.25) is 0 Å². The number of dihydropyridines is 1. The van der Waals surface area contributed by atoms with Crippen LogP contribution in [0.2, 0.25) is 0 Å². The van der Waals surface area contributed by atoms with Gasteiger partial charge in [0, 0.05) is 12.6 Å². The fourth-order valence-electron chi connectivity index (χ4n) is 2.27. The molecule has 66 valence electrons. The topological polar surface area (TPSA) is 12.4 Å². The van der Waals surface area contributed by atoms with Gasteiger partial charge >= 0.3 is 0 Å². The Hall–Kier alpha value is -0.590. The van der Waals surface area contributed by atoms with Gasteiger partial charge in [-0.2, -0.15) is 0 Å². The van der Waals surface area contributed by atoms with E-state index < -0.39 is 0 Å². The van der Waals surface area contributed by atoms with Gasteiger partial charge in [-0.15, -0.1) is 0 Å². The SMILES string of the molecule is C1=CC(C2CCCCC2)N=CC1. The highest BCUT2D eigenvalue weighted by atomic mass is 14.8. The molecule has 1 aliphatic carbocycles. The van der Waals surface area contributed by atoms with Crippen molar-refractivity contribution >= 4 is 6.21 Å². The zero-order chi connectivity index (χ0) is 8.23. The summed E-state index contributed by atoms with van der Waals surface area (Å²) in [7, 11) is 0. The molecule has 2 aliphatic rings. The molecule has 0 spiro atoms. The van der Waals surface area contributed by atoms with Crippen molar-refractivity contribution in [1.82, 2.24) is 0 Å². The molecular formula is C11H17N. The highest BCUT2D eigenvalue weighted by Gasteiger charge is 2.20. The summed E-state index contributed by atoms with van der Waals surface area (Å²) in [5, 5.41) is 0. The summed E-state index contributed by atoms with van der Waals surface area (Å²) >= 11 is 0. The Morgan fingerprint density at radius 3 is 2.58 bits per heavy atom. The van der Waals surface area contributed by atoms with Gasteiger partial charge in [-0.3, -0.25) is 4.99 Å². The third-order valence-electron chi connectivity index (χ3n) is 2.99. The van der Waals surface area contributed by atoms with Crippen molar-refractivity contribution in [1.29, 1.82) is 0 Å². The molecule has 1 saturated carbocycles. The van der Waals surface area contributed by atoms with Gasteiger partial charge in [0.1, 0.15) is 0 Å². The summed E-state index contributed by atoms with van der Waals surface area (Å²) in [6, 6.07) is 0.527. The van der Waals surface area contributed by atoms with Crippen LogP contribution in [-0.4, -0.2) is 12.3 Å². The molecule has 1 fully saturated rings. The van der Waals surface area contributed by atoms with Gasteiger partial charge in [-0.05, 0) is 18.8 Å². The van der Waals surface area contributed by atoms with Crippen LogP contribution >= 0.6 is 0 Å². The number of hydrogen-bond donors (Lipinski definition) is 0. The molecule has 0 amide bonds. The Morgan fingerprint density at radius 2 is 1.92 bits per heavy atom. The number of nitrogens with zero attached hydrogens (tertiary/aromatic N) is 1. The largest absolute Gasteiger partial charge is 0.289 e. The van der Waals surface area contributed by atoms with Gasteiger partial charge in [-0.25, -0.2) is 0 Å². The number of allylic oxidation sites excluding steroid dienone is 1. The van der Waals surface area contributed by atoms with Crippen LogP contribution in [0.25, 0.3) is 0 Å². The van der Waals surface area contributed by atoms with Crippen LogP contribution < -0.4 is 0 Å². The zero-order valence-corrected chi connectivity index (χ0v) is 7.58. The van der Waals surface area contributed by atoms with Crippen molar-refractivity contribution in [3.8, 4) is 0 Å². The van der Waals surface area contributed by atoms with Crippen molar-refractivity contribution in [3.63, 3.8) is 0 Å². The Labute approximate surface area is 74.6 Å². The van der Waals surface area contributed by atoms with Crippen LogP contribution in [0.15, 0.2) is 17.1 Å². The van der Waals surface area contributed by atoms with Crippen LogP contribution in [0.3, 0.4) is 0 Å². The second-order valence-electron chi connectivity index (χ2n) is 3.88. The second kappa shape index (κ2) is 3.88. The first-order valence-corrected chi connectivity index (χ1v) is 5.15. The number of hydrogen-bond acceptors (Lipinski definition) is 1. The summed E-state index contributed by atoms with van der Waals surface area (Å²) in [6.45, 7) is 0. The number of aliphatic imine (C=N–C) groups is 1. The standard InChI is InChI=1S/C11H17N/c1-2-6-10(7-3-1)11-8-4-5-9-12-11/h4,8-11H,1-3,5-7H2. The third kappa shape index (κ3) is 1.77. The van der Waals surface area contributed by atoms with Crippen molar-refractivity contribution in [3.05, 3.63) is 12.2 Å². The summed E-state index contributed by atoms with van der Waals surface area (Å²) in [5.41, 5.74) is 0. The van der Waals surface area contributed by atoms with E-state index in [0.29, 0.717) is 6.04 Å². The van der Waals surface area contributed by atoms with Crippen LogP contribution in [0.4, 0.5) is 0 Å². The Bertz CT molecular complexity index is 175. The lowest BCUT2D eigenvalue weighted by Crippen LogP contribution is -2.20.